The zero-order chi connectivity index (χ0) is 13.5. The van der Waals surface area contributed by atoms with Crippen LogP contribution < -0.4 is 5.32 Å². The molecule has 4 heterocycles. The fourth-order valence-electron chi connectivity index (χ4n) is 2.53. The van der Waals surface area contributed by atoms with E-state index in [1.807, 2.05) is 30.3 Å². The highest BCUT2D eigenvalue weighted by Gasteiger charge is 2.27. The van der Waals surface area contributed by atoms with E-state index < -0.39 is 0 Å². The second-order valence-electron chi connectivity index (χ2n) is 4.74. The first-order valence-electron chi connectivity index (χ1n) is 6.36. The van der Waals surface area contributed by atoms with E-state index in [0.717, 1.165) is 36.0 Å². The topological polar surface area (TPSA) is 73.5 Å². The van der Waals surface area contributed by atoms with Crippen LogP contribution in [0.2, 0.25) is 0 Å². The molecule has 0 aliphatic carbocycles. The van der Waals surface area contributed by atoms with E-state index in [1.165, 1.54) is 0 Å². The summed E-state index contributed by atoms with van der Waals surface area (Å²) in [6.45, 7) is 1.73. The second kappa shape index (κ2) is 4.50. The van der Waals surface area contributed by atoms with Gasteiger partial charge in [0.2, 0.25) is 0 Å². The first kappa shape index (κ1) is 11.7. The van der Waals surface area contributed by atoms with Gasteiger partial charge in [-0.2, -0.15) is 5.10 Å². The Balaban J connectivity index is 1.79. The zero-order valence-electron chi connectivity index (χ0n) is 10.9. The van der Waals surface area contributed by atoms with Crippen molar-refractivity contribution in [1.82, 2.24) is 34.8 Å². The Morgan fingerprint density at radius 3 is 3.10 bits per heavy atom. The molecule has 3 aromatic rings. The molecule has 102 valence electrons. The summed E-state index contributed by atoms with van der Waals surface area (Å²) in [7, 11) is 1.91. The van der Waals surface area contributed by atoms with Crippen LogP contribution in [0.5, 0.6) is 0 Å². The molecule has 1 aliphatic rings. The van der Waals surface area contributed by atoms with Crippen LogP contribution in [-0.4, -0.2) is 36.1 Å². The van der Waals surface area contributed by atoms with Crippen LogP contribution in [0.4, 0.5) is 0 Å². The van der Waals surface area contributed by atoms with Crippen molar-refractivity contribution in [1.29, 1.82) is 0 Å². The summed E-state index contributed by atoms with van der Waals surface area (Å²) in [5, 5.41) is 18.4. The summed E-state index contributed by atoms with van der Waals surface area (Å²) in [6.07, 6.45) is 3.87. The molecule has 0 aromatic carbocycles. The maximum atomic E-state index is 4.36. The Morgan fingerprint density at radius 2 is 2.35 bits per heavy atom. The van der Waals surface area contributed by atoms with Gasteiger partial charge in [0.05, 0.1) is 17.7 Å². The molecule has 8 heteroatoms. The number of hydrogen-bond donors (Lipinski definition) is 1. The van der Waals surface area contributed by atoms with Gasteiger partial charge in [0.1, 0.15) is 5.69 Å². The predicted molar refractivity (Wildman–Crippen MR) is 74.2 cm³/mol. The molecule has 1 aliphatic heterocycles. The summed E-state index contributed by atoms with van der Waals surface area (Å²) in [6, 6.07) is 0.0392. The number of fused-ring (bicyclic) bond motifs is 1. The van der Waals surface area contributed by atoms with Crippen molar-refractivity contribution in [3.05, 3.63) is 34.7 Å². The van der Waals surface area contributed by atoms with Gasteiger partial charge in [0.25, 0.3) is 0 Å². The van der Waals surface area contributed by atoms with Crippen molar-refractivity contribution in [2.45, 2.75) is 12.6 Å². The largest absolute Gasteiger partial charge is 0.307 e. The third kappa shape index (κ3) is 1.76. The summed E-state index contributed by atoms with van der Waals surface area (Å²) in [5.74, 6) is 1.77. The first-order valence-corrected chi connectivity index (χ1v) is 7.31. The van der Waals surface area contributed by atoms with Crippen LogP contribution in [0.25, 0.3) is 11.5 Å². The highest BCUT2D eigenvalue weighted by molar-refractivity contribution is 7.07. The molecule has 0 amide bonds. The monoisotopic (exact) mass is 287 g/mol. The lowest BCUT2D eigenvalue weighted by Crippen LogP contribution is -2.34. The fraction of sp³-hybridized carbons (Fsp3) is 0.333. The lowest BCUT2D eigenvalue weighted by molar-refractivity contribution is 0.457. The fourth-order valence-corrected chi connectivity index (χ4v) is 3.06. The van der Waals surface area contributed by atoms with Crippen LogP contribution in [0, 0.1) is 0 Å². The van der Waals surface area contributed by atoms with E-state index in [-0.39, 0.29) is 6.04 Å². The van der Waals surface area contributed by atoms with Gasteiger partial charge in [0.15, 0.2) is 11.6 Å². The van der Waals surface area contributed by atoms with Gasteiger partial charge < -0.3 is 9.88 Å². The van der Waals surface area contributed by atoms with Crippen LogP contribution in [0.15, 0.2) is 23.3 Å². The van der Waals surface area contributed by atoms with E-state index in [9.17, 15) is 0 Å². The molecule has 4 rings (SSSR count). The highest BCUT2D eigenvalue weighted by Crippen LogP contribution is 2.27. The molecule has 0 bridgehead atoms. The number of nitrogens with one attached hydrogen (secondary N) is 1. The van der Waals surface area contributed by atoms with E-state index in [2.05, 4.69) is 30.2 Å². The molecule has 7 nitrogen and oxygen atoms in total. The second-order valence-corrected chi connectivity index (χ2v) is 5.46. The molecule has 0 fully saturated rings. The molecular weight excluding hydrogens is 274 g/mol. The average molecular weight is 287 g/mol. The van der Waals surface area contributed by atoms with Crippen molar-refractivity contribution >= 4 is 11.3 Å². The Morgan fingerprint density at radius 1 is 1.40 bits per heavy atom. The summed E-state index contributed by atoms with van der Waals surface area (Å²) < 4.78 is 3.94. The van der Waals surface area contributed by atoms with Gasteiger partial charge in [-0.3, -0.25) is 4.68 Å². The molecule has 0 saturated carbocycles. The SMILES string of the molecule is Cn1cc(C2NCCn3c(-c4cscn4)nnc32)cn1. The normalized spacial score (nSPS) is 18.1. The molecule has 3 aromatic heterocycles. The third-order valence-corrected chi connectivity index (χ3v) is 4.03. The van der Waals surface area contributed by atoms with E-state index in [4.69, 9.17) is 0 Å². The third-order valence-electron chi connectivity index (χ3n) is 3.44. The quantitative estimate of drug-likeness (QED) is 0.755. The van der Waals surface area contributed by atoms with Gasteiger partial charge in [-0.05, 0) is 0 Å². The average Bonchev–Trinajstić information content (AvgIpc) is 3.17. The number of thiazole rings is 1. The van der Waals surface area contributed by atoms with Crippen molar-refractivity contribution < 1.29 is 0 Å². The maximum Gasteiger partial charge on any atom is 0.183 e. The lowest BCUT2D eigenvalue weighted by Gasteiger charge is -2.24. The van der Waals surface area contributed by atoms with Gasteiger partial charge in [-0.25, -0.2) is 4.98 Å². The summed E-state index contributed by atoms with van der Waals surface area (Å²) in [4.78, 5) is 4.33. The zero-order valence-corrected chi connectivity index (χ0v) is 11.7. The Kier molecular flexibility index (Phi) is 2.64. The Hall–Kier alpha value is -2.06. The van der Waals surface area contributed by atoms with Crippen LogP contribution in [-0.2, 0) is 13.6 Å². The standard InChI is InChI=1S/C12H13N7S/c1-18-5-8(4-15-18)10-12-17-16-11(9-6-20-7-14-9)19(12)3-2-13-10/h4-7,10,13H,2-3H2,1H3. The number of hydrogen-bond acceptors (Lipinski definition) is 6. The molecule has 0 saturated heterocycles. The molecule has 1 unspecified atom stereocenters. The van der Waals surface area contributed by atoms with Gasteiger partial charge in [-0.1, -0.05) is 0 Å². The van der Waals surface area contributed by atoms with Crippen molar-refractivity contribution in [3.8, 4) is 11.5 Å². The van der Waals surface area contributed by atoms with Crippen LogP contribution >= 0.6 is 11.3 Å². The minimum atomic E-state index is 0.0392. The molecular formula is C12H13N7S. The van der Waals surface area contributed by atoms with E-state index in [0.29, 0.717) is 0 Å². The maximum absolute atomic E-state index is 4.36. The van der Waals surface area contributed by atoms with Crippen molar-refractivity contribution in [3.63, 3.8) is 0 Å². The lowest BCUT2D eigenvalue weighted by atomic mass is 10.1. The number of rotatable bonds is 2. The van der Waals surface area contributed by atoms with Gasteiger partial charge in [-0.15, -0.1) is 21.5 Å². The van der Waals surface area contributed by atoms with Crippen LogP contribution in [0.1, 0.15) is 17.4 Å². The molecule has 1 atom stereocenters. The molecule has 0 spiro atoms. The van der Waals surface area contributed by atoms with Gasteiger partial charge in [0, 0.05) is 37.3 Å². The number of nitrogens with zero attached hydrogens (tertiary/aromatic N) is 6. The van der Waals surface area contributed by atoms with Crippen molar-refractivity contribution in [2.24, 2.45) is 7.05 Å². The minimum absolute atomic E-state index is 0.0392. The molecule has 0 radical (unpaired) electrons. The smallest absolute Gasteiger partial charge is 0.183 e. The van der Waals surface area contributed by atoms with E-state index in [1.54, 1.807) is 16.0 Å². The number of aromatic nitrogens is 6. The highest BCUT2D eigenvalue weighted by atomic mass is 32.1. The molecule has 20 heavy (non-hydrogen) atoms. The van der Waals surface area contributed by atoms with Gasteiger partial charge >= 0.3 is 0 Å². The Bertz CT molecular complexity index is 727. The van der Waals surface area contributed by atoms with Crippen LogP contribution in [0.3, 0.4) is 0 Å². The summed E-state index contributed by atoms with van der Waals surface area (Å²) >= 11 is 1.57. The Labute approximate surface area is 119 Å². The summed E-state index contributed by atoms with van der Waals surface area (Å²) in [5.41, 5.74) is 3.81. The predicted octanol–water partition coefficient (Wildman–Crippen LogP) is 0.828. The van der Waals surface area contributed by atoms with E-state index >= 15 is 0 Å². The molecule has 1 N–H and O–H groups in total. The van der Waals surface area contributed by atoms with Crippen molar-refractivity contribution in [2.75, 3.05) is 6.54 Å². The minimum Gasteiger partial charge on any atom is -0.307 e. The first-order chi connectivity index (χ1) is 9.83. The number of aryl methyl sites for hydroxylation is 1.